The quantitative estimate of drug-likeness (QED) is 0.726. The Morgan fingerprint density at radius 2 is 1.64 bits per heavy atom. The Kier molecular flexibility index (Phi) is 7.01. The first-order valence-electron chi connectivity index (χ1n) is 8.33. The maximum atomic E-state index is 11.9. The molecule has 0 aliphatic carbocycles. The number of carbonyl (C=O) groups excluding carboxylic acids is 2. The third kappa shape index (κ3) is 6.30. The molecule has 0 saturated heterocycles. The Labute approximate surface area is 148 Å². The summed E-state index contributed by atoms with van der Waals surface area (Å²) in [5, 5.41) is 5.70. The number of rotatable bonds is 8. The summed E-state index contributed by atoms with van der Waals surface area (Å²) in [6, 6.07) is 15.0. The van der Waals surface area contributed by atoms with Crippen molar-refractivity contribution >= 4 is 11.8 Å². The van der Waals surface area contributed by atoms with Gasteiger partial charge in [0.15, 0.2) is 0 Å². The Balaban J connectivity index is 1.63. The molecular weight excluding hydrogens is 316 g/mol. The molecular formula is C20H24N2O3. The molecule has 2 amide bonds. The molecule has 2 aromatic rings. The van der Waals surface area contributed by atoms with Crippen molar-refractivity contribution in [2.24, 2.45) is 0 Å². The minimum absolute atomic E-state index is 0.0274. The van der Waals surface area contributed by atoms with Crippen molar-refractivity contribution in [3.63, 3.8) is 0 Å². The van der Waals surface area contributed by atoms with Crippen molar-refractivity contribution in [1.82, 2.24) is 10.6 Å². The first-order chi connectivity index (χ1) is 12.1. The van der Waals surface area contributed by atoms with Crippen LogP contribution < -0.4 is 15.4 Å². The molecule has 0 atom stereocenters. The second-order valence-electron chi connectivity index (χ2n) is 5.85. The van der Waals surface area contributed by atoms with Crippen LogP contribution in [0.2, 0.25) is 0 Å². The zero-order valence-electron chi connectivity index (χ0n) is 14.7. The molecule has 0 radical (unpaired) electrons. The maximum absolute atomic E-state index is 11.9. The summed E-state index contributed by atoms with van der Waals surface area (Å²) in [4.78, 5) is 23.8. The van der Waals surface area contributed by atoms with E-state index in [0.717, 1.165) is 16.9 Å². The Hall–Kier alpha value is -2.82. The number of amides is 2. The van der Waals surface area contributed by atoms with Gasteiger partial charge in [-0.1, -0.05) is 29.8 Å². The van der Waals surface area contributed by atoms with Gasteiger partial charge in [0.2, 0.25) is 5.91 Å². The molecule has 0 unspecified atom stereocenters. The third-order valence-corrected chi connectivity index (χ3v) is 3.83. The van der Waals surface area contributed by atoms with E-state index in [9.17, 15) is 9.59 Å². The highest BCUT2D eigenvalue weighted by atomic mass is 16.5. The monoisotopic (exact) mass is 340 g/mol. The number of ether oxygens (including phenoxy) is 1. The fourth-order valence-corrected chi connectivity index (χ4v) is 2.29. The van der Waals surface area contributed by atoms with E-state index in [0.29, 0.717) is 31.5 Å². The SMILES string of the molecule is COc1ccc(CNC(=O)CCCNC(=O)c2ccc(C)cc2)cc1. The zero-order valence-corrected chi connectivity index (χ0v) is 14.7. The van der Waals surface area contributed by atoms with Gasteiger partial charge in [0.25, 0.3) is 5.91 Å². The Morgan fingerprint density at radius 1 is 0.960 bits per heavy atom. The van der Waals surface area contributed by atoms with Crippen molar-refractivity contribution < 1.29 is 14.3 Å². The van der Waals surface area contributed by atoms with Crippen LogP contribution in [0.4, 0.5) is 0 Å². The van der Waals surface area contributed by atoms with E-state index in [1.54, 1.807) is 19.2 Å². The van der Waals surface area contributed by atoms with Crippen molar-refractivity contribution in [3.8, 4) is 5.75 Å². The normalized spacial score (nSPS) is 10.2. The van der Waals surface area contributed by atoms with Gasteiger partial charge in [-0.05, 0) is 43.2 Å². The van der Waals surface area contributed by atoms with Crippen molar-refractivity contribution in [1.29, 1.82) is 0 Å². The van der Waals surface area contributed by atoms with E-state index in [1.807, 2.05) is 43.3 Å². The van der Waals surface area contributed by atoms with E-state index in [4.69, 9.17) is 4.74 Å². The average molecular weight is 340 g/mol. The van der Waals surface area contributed by atoms with Gasteiger partial charge >= 0.3 is 0 Å². The van der Waals surface area contributed by atoms with Gasteiger partial charge < -0.3 is 15.4 Å². The molecule has 0 fully saturated rings. The summed E-state index contributed by atoms with van der Waals surface area (Å²) < 4.78 is 5.10. The Bertz CT molecular complexity index is 694. The third-order valence-electron chi connectivity index (χ3n) is 3.83. The smallest absolute Gasteiger partial charge is 0.251 e. The molecule has 0 spiro atoms. The van der Waals surface area contributed by atoms with Gasteiger partial charge in [0, 0.05) is 25.1 Å². The van der Waals surface area contributed by atoms with E-state index < -0.39 is 0 Å². The summed E-state index contributed by atoms with van der Waals surface area (Å²) >= 11 is 0. The predicted octanol–water partition coefficient (Wildman–Crippen LogP) is 2.83. The van der Waals surface area contributed by atoms with Crippen LogP contribution in [0.25, 0.3) is 0 Å². The number of hydrogen-bond acceptors (Lipinski definition) is 3. The number of nitrogens with one attached hydrogen (secondary N) is 2. The van der Waals surface area contributed by atoms with Crippen LogP contribution in [0.3, 0.4) is 0 Å². The highest BCUT2D eigenvalue weighted by molar-refractivity contribution is 5.94. The van der Waals surface area contributed by atoms with E-state index in [1.165, 1.54) is 0 Å². The summed E-state index contributed by atoms with van der Waals surface area (Å²) in [5.74, 6) is 0.651. The highest BCUT2D eigenvalue weighted by Crippen LogP contribution is 2.11. The average Bonchev–Trinajstić information content (AvgIpc) is 2.64. The van der Waals surface area contributed by atoms with Crippen LogP contribution >= 0.6 is 0 Å². The standard InChI is InChI=1S/C20H24N2O3/c1-15-5-9-17(10-6-15)20(24)21-13-3-4-19(23)22-14-16-7-11-18(25-2)12-8-16/h5-12H,3-4,13-14H2,1-2H3,(H,21,24)(H,22,23). The molecule has 5 nitrogen and oxygen atoms in total. The van der Waals surface area contributed by atoms with Crippen LogP contribution in [0.1, 0.15) is 34.3 Å². The lowest BCUT2D eigenvalue weighted by molar-refractivity contribution is -0.121. The van der Waals surface area contributed by atoms with E-state index >= 15 is 0 Å². The number of methoxy groups -OCH3 is 1. The molecule has 5 heteroatoms. The molecule has 2 aromatic carbocycles. The molecule has 2 N–H and O–H groups in total. The topological polar surface area (TPSA) is 67.4 Å². The van der Waals surface area contributed by atoms with Crippen molar-refractivity contribution in [2.75, 3.05) is 13.7 Å². The number of carbonyl (C=O) groups is 2. The first kappa shape index (κ1) is 18.5. The van der Waals surface area contributed by atoms with Crippen LogP contribution in [0.5, 0.6) is 5.75 Å². The number of aryl methyl sites for hydroxylation is 1. The zero-order chi connectivity index (χ0) is 18.1. The highest BCUT2D eigenvalue weighted by Gasteiger charge is 2.05. The van der Waals surface area contributed by atoms with Crippen LogP contribution in [0.15, 0.2) is 48.5 Å². The number of benzene rings is 2. The second kappa shape index (κ2) is 9.47. The van der Waals surface area contributed by atoms with Gasteiger partial charge in [-0.15, -0.1) is 0 Å². The molecule has 0 aliphatic rings. The van der Waals surface area contributed by atoms with Gasteiger partial charge in [-0.25, -0.2) is 0 Å². The van der Waals surface area contributed by atoms with Gasteiger partial charge in [0.1, 0.15) is 5.75 Å². The molecule has 0 bridgehead atoms. The van der Waals surface area contributed by atoms with Crippen LogP contribution in [-0.4, -0.2) is 25.5 Å². The summed E-state index contributed by atoms with van der Waals surface area (Å²) in [5.41, 5.74) is 2.77. The van der Waals surface area contributed by atoms with Crippen molar-refractivity contribution in [3.05, 3.63) is 65.2 Å². The van der Waals surface area contributed by atoms with Gasteiger partial charge in [-0.2, -0.15) is 0 Å². The molecule has 0 aliphatic heterocycles. The lowest BCUT2D eigenvalue weighted by Crippen LogP contribution is -2.27. The molecule has 25 heavy (non-hydrogen) atoms. The van der Waals surface area contributed by atoms with E-state index in [-0.39, 0.29) is 11.8 Å². The molecule has 132 valence electrons. The lowest BCUT2D eigenvalue weighted by Gasteiger charge is -2.07. The van der Waals surface area contributed by atoms with Crippen LogP contribution in [-0.2, 0) is 11.3 Å². The summed E-state index contributed by atoms with van der Waals surface area (Å²) in [6.07, 6.45) is 0.983. The first-order valence-corrected chi connectivity index (χ1v) is 8.33. The Morgan fingerprint density at radius 3 is 2.28 bits per heavy atom. The fraction of sp³-hybridized carbons (Fsp3) is 0.300. The summed E-state index contributed by atoms with van der Waals surface area (Å²) in [7, 11) is 1.62. The molecule has 0 saturated carbocycles. The second-order valence-corrected chi connectivity index (χ2v) is 5.85. The fourth-order valence-electron chi connectivity index (χ4n) is 2.29. The minimum Gasteiger partial charge on any atom is -0.497 e. The predicted molar refractivity (Wildman–Crippen MR) is 97.6 cm³/mol. The molecule has 2 rings (SSSR count). The largest absolute Gasteiger partial charge is 0.497 e. The van der Waals surface area contributed by atoms with Crippen LogP contribution in [0, 0.1) is 6.92 Å². The number of hydrogen-bond donors (Lipinski definition) is 2. The molecule has 0 aromatic heterocycles. The lowest BCUT2D eigenvalue weighted by atomic mass is 10.1. The molecule has 0 heterocycles. The van der Waals surface area contributed by atoms with Crippen molar-refractivity contribution in [2.45, 2.75) is 26.3 Å². The maximum Gasteiger partial charge on any atom is 0.251 e. The minimum atomic E-state index is -0.112. The van der Waals surface area contributed by atoms with Gasteiger partial charge in [0.05, 0.1) is 7.11 Å². The summed E-state index contributed by atoms with van der Waals surface area (Å²) in [6.45, 7) is 2.94. The van der Waals surface area contributed by atoms with E-state index in [2.05, 4.69) is 10.6 Å². The van der Waals surface area contributed by atoms with Gasteiger partial charge in [-0.3, -0.25) is 9.59 Å².